The number of hydrogen-bond acceptors (Lipinski definition) is 4. The molecule has 0 aliphatic carbocycles. The third-order valence-corrected chi connectivity index (χ3v) is 3.86. The van der Waals surface area contributed by atoms with Crippen LogP contribution in [-0.2, 0) is 6.54 Å². The average molecular weight is 264 g/mol. The summed E-state index contributed by atoms with van der Waals surface area (Å²) in [6, 6.07) is 4.26. The van der Waals surface area contributed by atoms with E-state index in [1.807, 2.05) is 12.3 Å². The van der Waals surface area contributed by atoms with Gasteiger partial charge in [0.05, 0.1) is 16.8 Å². The summed E-state index contributed by atoms with van der Waals surface area (Å²) in [7, 11) is 0. The monoisotopic (exact) mass is 264 g/mol. The van der Waals surface area contributed by atoms with Crippen molar-refractivity contribution < 1.29 is 5.11 Å². The van der Waals surface area contributed by atoms with Gasteiger partial charge >= 0.3 is 0 Å². The first-order valence-corrected chi connectivity index (χ1v) is 7.36. The molecule has 0 aliphatic heterocycles. The van der Waals surface area contributed by atoms with Gasteiger partial charge in [0.1, 0.15) is 0 Å². The number of hydrogen-bond donors (Lipinski definition) is 1. The van der Waals surface area contributed by atoms with Gasteiger partial charge in [0, 0.05) is 19.3 Å². The van der Waals surface area contributed by atoms with Crippen molar-refractivity contribution in [3.8, 4) is 0 Å². The maximum Gasteiger partial charge on any atom is 0.0809 e. The zero-order valence-corrected chi connectivity index (χ0v) is 11.6. The molecule has 0 spiro atoms. The van der Waals surface area contributed by atoms with E-state index >= 15 is 0 Å². The molecule has 2 heterocycles. The Hall–Kier alpha value is -0.970. The lowest BCUT2D eigenvalue weighted by molar-refractivity contribution is 0.188. The number of aliphatic hydroxyl groups excluding tert-OH is 1. The van der Waals surface area contributed by atoms with Crippen molar-refractivity contribution >= 4 is 21.6 Å². The van der Waals surface area contributed by atoms with Gasteiger partial charge in [-0.2, -0.15) is 0 Å². The topological polar surface area (TPSA) is 36.4 Å². The Labute approximate surface area is 112 Å². The number of fused-ring (bicyclic) bond motifs is 1. The molecule has 0 bridgehead atoms. The van der Waals surface area contributed by atoms with Crippen LogP contribution in [0.2, 0.25) is 0 Å². The summed E-state index contributed by atoms with van der Waals surface area (Å²) in [5, 5.41) is 11.2. The van der Waals surface area contributed by atoms with Crippen molar-refractivity contribution in [3.05, 3.63) is 29.3 Å². The summed E-state index contributed by atoms with van der Waals surface area (Å²) in [4.78, 5) is 6.75. The summed E-state index contributed by atoms with van der Waals surface area (Å²) in [5.41, 5.74) is 2.31. The van der Waals surface area contributed by atoms with Gasteiger partial charge in [0.15, 0.2) is 0 Å². The highest BCUT2D eigenvalue weighted by Crippen LogP contribution is 2.20. The molecule has 0 amide bonds. The zero-order valence-electron chi connectivity index (χ0n) is 10.8. The maximum atomic E-state index is 9.10. The lowest BCUT2D eigenvalue weighted by Gasteiger charge is -2.20. The fourth-order valence-corrected chi connectivity index (χ4v) is 2.83. The lowest BCUT2D eigenvalue weighted by atomic mass is 10.2. The first-order chi connectivity index (χ1) is 8.83. The number of aliphatic hydroxyl groups is 1. The highest BCUT2D eigenvalue weighted by atomic mass is 32.1. The Morgan fingerprint density at radius 3 is 3.06 bits per heavy atom. The van der Waals surface area contributed by atoms with Gasteiger partial charge < -0.3 is 5.11 Å². The van der Waals surface area contributed by atoms with Gasteiger partial charge in [-0.1, -0.05) is 13.3 Å². The standard InChI is InChI=1S/C14H20N2OS/c1-2-3-5-16(6-7-17)11-12-9-14-13(15-10-12)4-8-18-14/h4,8-10,17H,2-3,5-7,11H2,1H3. The second-order valence-electron chi connectivity index (χ2n) is 4.50. The van der Waals surface area contributed by atoms with Crippen LogP contribution in [0.5, 0.6) is 0 Å². The van der Waals surface area contributed by atoms with Crippen molar-refractivity contribution in [2.24, 2.45) is 0 Å². The van der Waals surface area contributed by atoms with Crippen LogP contribution in [0.15, 0.2) is 23.7 Å². The fraction of sp³-hybridized carbons (Fsp3) is 0.500. The molecule has 2 rings (SSSR count). The highest BCUT2D eigenvalue weighted by Gasteiger charge is 2.06. The molecule has 0 unspecified atom stereocenters. The SMILES string of the molecule is CCCCN(CCO)Cc1cnc2ccsc2c1. The van der Waals surface area contributed by atoms with E-state index in [1.54, 1.807) is 11.3 Å². The molecule has 0 fully saturated rings. The van der Waals surface area contributed by atoms with Crippen molar-refractivity contribution in [2.75, 3.05) is 19.7 Å². The minimum Gasteiger partial charge on any atom is -0.395 e. The molecule has 2 aromatic rings. The minimum atomic E-state index is 0.221. The van der Waals surface area contributed by atoms with Crippen LogP contribution in [0, 0.1) is 0 Å². The van der Waals surface area contributed by atoms with Crippen LogP contribution in [-0.4, -0.2) is 34.7 Å². The number of nitrogens with zero attached hydrogens (tertiary/aromatic N) is 2. The number of pyridine rings is 1. The number of aromatic nitrogens is 1. The molecule has 0 radical (unpaired) electrons. The van der Waals surface area contributed by atoms with Gasteiger partial charge in [-0.25, -0.2) is 0 Å². The van der Waals surface area contributed by atoms with Crippen LogP contribution >= 0.6 is 11.3 Å². The summed E-state index contributed by atoms with van der Waals surface area (Å²) in [5.74, 6) is 0. The van der Waals surface area contributed by atoms with Gasteiger partial charge in [-0.05, 0) is 36.0 Å². The molecule has 4 heteroatoms. The Balaban J connectivity index is 2.04. The molecule has 0 atom stereocenters. The van der Waals surface area contributed by atoms with E-state index in [-0.39, 0.29) is 6.61 Å². The third-order valence-electron chi connectivity index (χ3n) is 3.01. The zero-order chi connectivity index (χ0) is 12.8. The van der Waals surface area contributed by atoms with Crippen LogP contribution in [0.4, 0.5) is 0 Å². The van der Waals surface area contributed by atoms with E-state index in [4.69, 9.17) is 5.11 Å². The van der Waals surface area contributed by atoms with Crippen LogP contribution in [0.25, 0.3) is 10.2 Å². The molecule has 2 aromatic heterocycles. The molecule has 3 nitrogen and oxygen atoms in total. The van der Waals surface area contributed by atoms with Crippen LogP contribution in [0.1, 0.15) is 25.3 Å². The van der Waals surface area contributed by atoms with Crippen molar-refractivity contribution in [2.45, 2.75) is 26.3 Å². The highest BCUT2D eigenvalue weighted by molar-refractivity contribution is 7.17. The summed E-state index contributed by atoms with van der Waals surface area (Å²) in [6.07, 6.45) is 4.31. The van der Waals surface area contributed by atoms with Gasteiger partial charge in [-0.15, -0.1) is 11.3 Å². The van der Waals surface area contributed by atoms with E-state index in [9.17, 15) is 0 Å². The molecular formula is C14H20N2OS. The van der Waals surface area contributed by atoms with E-state index in [1.165, 1.54) is 23.1 Å². The number of unbranched alkanes of at least 4 members (excludes halogenated alkanes) is 1. The molecule has 0 saturated carbocycles. The molecule has 0 aliphatic rings. The Kier molecular flexibility index (Phi) is 5.11. The second kappa shape index (κ2) is 6.83. The summed E-state index contributed by atoms with van der Waals surface area (Å²) >= 11 is 1.73. The molecule has 0 saturated heterocycles. The average Bonchev–Trinajstić information content (AvgIpc) is 2.83. The van der Waals surface area contributed by atoms with Gasteiger partial charge in [-0.3, -0.25) is 9.88 Å². The third kappa shape index (κ3) is 3.51. The van der Waals surface area contributed by atoms with E-state index in [0.29, 0.717) is 0 Å². The normalized spacial score (nSPS) is 11.5. The molecule has 0 aromatic carbocycles. The van der Waals surface area contributed by atoms with Crippen molar-refractivity contribution in [1.29, 1.82) is 0 Å². The molecule has 98 valence electrons. The Morgan fingerprint density at radius 2 is 2.28 bits per heavy atom. The summed E-state index contributed by atoms with van der Waals surface area (Å²) in [6.45, 7) is 5.07. The minimum absolute atomic E-state index is 0.221. The quantitative estimate of drug-likeness (QED) is 0.835. The summed E-state index contributed by atoms with van der Waals surface area (Å²) < 4.78 is 1.24. The van der Waals surface area contributed by atoms with Gasteiger partial charge in [0.25, 0.3) is 0 Å². The predicted octanol–water partition coefficient (Wildman–Crippen LogP) is 2.89. The van der Waals surface area contributed by atoms with E-state index in [2.05, 4.69) is 28.3 Å². The largest absolute Gasteiger partial charge is 0.395 e. The van der Waals surface area contributed by atoms with E-state index in [0.717, 1.165) is 25.2 Å². The van der Waals surface area contributed by atoms with E-state index < -0.39 is 0 Å². The fourth-order valence-electron chi connectivity index (χ4n) is 2.02. The predicted molar refractivity (Wildman–Crippen MR) is 76.9 cm³/mol. The van der Waals surface area contributed by atoms with Crippen LogP contribution in [0.3, 0.4) is 0 Å². The van der Waals surface area contributed by atoms with Crippen LogP contribution < -0.4 is 0 Å². The first kappa shape index (κ1) is 13.5. The maximum absolute atomic E-state index is 9.10. The van der Waals surface area contributed by atoms with Gasteiger partial charge in [0.2, 0.25) is 0 Å². The van der Waals surface area contributed by atoms with Crippen molar-refractivity contribution in [1.82, 2.24) is 9.88 Å². The Bertz CT molecular complexity index is 483. The smallest absolute Gasteiger partial charge is 0.0809 e. The number of rotatable bonds is 7. The van der Waals surface area contributed by atoms with Crippen molar-refractivity contribution in [3.63, 3.8) is 0 Å². The molecular weight excluding hydrogens is 244 g/mol. The molecule has 1 N–H and O–H groups in total. The molecule has 18 heavy (non-hydrogen) atoms. The first-order valence-electron chi connectivity index (χ1n) is 6.49. The Morgan fingerprint density at radius 1 is 1.39 bits per heavy atom. The lowest BCUT2D eigenvalue weighted by Crippen LogP contribution is -2.27. The second-order valence-corrected chi connectivity index (χ2v) is 5.45. The number of thiophene rings is 1.